The molecule has 9 heteroatoms. The first-order chi connectivity index (χ1) is 17.1. The number of imidazole rings is 1. The fraction of sp³-hybridized carbons (Fsp3) is 0.308. The minimum absolute atomic E-state index is 0.0965. The number of rotatable bonds is 4. The van der Waals surface area contributed by atoms with E-state index in [0.29, 0.717) is 30.7 Å². The van der Waals surface area contributed by atoms with E-state index >= 15 is 0 Å². The zero-order chi connectivity index (χ0) is 23.9. The average Bonchev–Trinajstić information content (AvgIpc) is 3.46. The Kier molecular flexibility index (Phi) is 5.47. The number of hydrogen-bond donors (Lipinski definition) is 1. The number of anilines is 1. The zero-order valence-corrected chi connectivity index (χ0v) is 20.3. The van der Waals surface area contributed by atoms with Crippen molar-refractivity contribution in [3.63, 3.8) is 0 Å². The molecule has 0 bridgehead atoms. The maximum Gasteiger partial charge on any atom is 0.293 e. The van der Waals surface area contributed by atoms with E-state index in [9.17, 15) is 4.79 Å². The Balaban J connectivity index is 1.43. The first-order valence-electron chi connectivity index (χ1n) is 11.8. The minimum atomic E-state index is -0.190. The van der Waals surface area contributed by atoms with Crippen molar-refractivity contribution in [2.45, 2.75) is 38.9 Å². The Morgan fingerprint density at radius 1 is 1.20 bits per heavy atom. The molecule has 2 N–H and O–H groups in total. The molecule has 35 heavy (non-hydrogen) atoms. The number of nitrogens with two attached hydrogens (primary N) is 1. The lowest BCUT2D eigenvalue weighted by Gasteiger charge is -2.31. The van der Waals surface area contributed by atoms with Crippen LogP contribution >= 0.6 is 11.3 Å². The highest BCUT2D eigenvalue weighted by Crippen LogP contribution is 2.29. The first-order valence-corrected chi connectivity index (χ1v) is 12.6. The molecule has 0 saturated carbocycles. The van der Waals surface area contributed by atoms with Crippen molar-refractivity contribution in [1.29, 1.82) is 0 Å². The number of aromatic nitrogens is 5. The predicted octanol–water partition coefficient (Wildman–Crippen LogP) is 3.36. The molecule has 4 heterocycles. The molecule has 176 valence electrons. The highest BCUT2D eigenvalue weighted by atomic mass is 32.1. The van der Waals surface area contributed by atoms with Crippen molar-refractivity contribution in [2.75, 3.05) is 18.0 Å². The summed E-state index contributed by atoms with van der Waals surface area (Å²) in [6, 6.07) is 12.5. The van der Waals surface area contributed by atoms with Crippen LogP contribution in [0.4, 0.5) is 5.95 Å². The van der Waals surface area contributed by atoms with Crippen LogP contribution in [-0.2, 0) is 13.1 Å². The summed E-state index contributed by atoms with van der Waals surface area (Å²) in [5.41, 5.74) is 8.09. The van der Waals surface area contributed by atoms with Crippen molar-refractivity contribution in [3.05, 3.63) is 58.0 Å². The molecule has 1 aliphatic rings. The molecule has 1 saturated heterocycles. The third kappa shape index (κ3) is 3.85. The largest absolute Gasteiger partial charge is 0.341 e. The van der Waals surface area contributed by atoms with Crippen LogP contribution in [0.25, 0.3) is 32.0 Å². The summed E-state index contributed by atoms with van der Waals surface area (Å²) < 4.78 is 4.49. The molecule has 1 aliphatic heterocycles. The van der Waals surface area contributed by atoms with Gasteiger partial charge >= 0.3 is 0 Å². The second-order valence-electron chi connectivity index (χ2n) is 8.86. The van der Waals surface area contributed by atoms with Gasteiger partial charge in [0.25, 0.3) is 5.56 Å². The summed E-state index contributed by atoms with van der Waals surface area (Å²) in [6.07, 6.45) is 3.67. The molecule has 0 radical (unpaired) electrons. The van der Waals surface area contributed by atoms with Gasteiger partial charge in [0.2, 0.25) is 5.95 Å². The van der Waals surface area contributed by atoms with E-state index in [0.717, 1.165) is 51.3 Å². The average molecular weight is 484 g/mol. The van der Waals surface area contributed by atoms with Crippen molar-refractivity contribution in [1.82, 2.24) is 24.3 Å². The quantitative estimate of drug-likeness (QED) is 0.394. The monoisotopic (exact) mass is 483 g/mol. The van der Waals surface area contributed by atoms with E-state index in [4.69, 9.17) is 15.7 Å². The van der Waals surface area contributed by atoms with E-state index in [1.165, 1.54) is 4.68 Å². The number of benzene rings is 2. The van der Waals surface area contributed by atoms with E-state index in [2.05, 4.69) is 46.1 Å². The maximum atomic E-state index is 13.6. The molecule has 0 spiro atoms. The lowest BCUT2D eigenvalue weighted by molar-refractivity contribution is 0.496. The standard InChI is InChI=1S/C26H25N7OS/c1-2-3-13-32-24-20(29-26(32)31-12-6-8-18(27)15-31)14-28-33(25(24)34)16-22-30-23-19-9-5-4-7-17(19)10-11-21(23)35-22/h4-5,7,9-11,14,18H,6,8,12-13,15-16,27H2,1H3. The maximum absolute atomic E-state index is 13.6. The van der Waals surface area contributed by atoms with Crippen molar-refractivity contribution in [3.8, 4) is 11.8 Å². The van der Waals surface area contributed by atoms with Crippen molar-refractivity contribution >= 4 is 49.3 Å². The smallest absolute Gasteiger partial charge is 0.293 e. The lowest BCUT2D eigenvalue weighted by atomic mass is 10.1. The zero-order valence-electron chi connectivity index (χ0n) is 19.4. The number of fused-ring (bicyclic) bond motifs is 4. The van der Waals surface area contributed by atoms with Crippen LogP contribution in [0.15, 0.2) is 47.4 Å². The normalized spacial score (nSPS) is 16.2. The highest BCUT2D eigenvalue weighted by molar-refractivity contribution is 7.18. The molecule has 3 aromatic heterocycles. The van der Waals surface area contributed by atoms with Gasteiger partial charge in [-0.2, -0.15) is 5.10 Å². The van der Waals surface area contributed by atoms with Gasteiger partial charge in [0.15, 0.2) is 0 Å². The fourth-order valence-corrected chi connectivity index (χ4v) is 5.80. The number of thiazole rings is 1. The van der Waals surface area contributed by atoms with Crippen molar-refractivity contribution in [2.24, 2.45) is 5.73 Å². The number of piperidine rings is 1. The SMILES string of the molecule is CC#CCn1c(N2CCCC(N)C2)nc2cnn(Cc3nc4c(ccc5ccccc54)s3)c(=O)c21. The van der Waals surface area contributed by atoms with Gasteiger partial charge in [-0.25, -0.2) is 14.6 Å². The molecule has 1 fully saturated rings. The van der Waals surface area contributed by atoms with Gasteiger partial charge in [0, 0.05) is 24.5 Å². The van der Waals surface area contributed by atoms with Crippen LogP contribution in [0.1, 0.15) is 24.8 Å². The summed E-state index contributed by atoms with van der Waals surface area (Å²) in [5, 5.41) is 7.55. The molecule has 2 aromatic carbocycles. The highest BCUT2D eigenvalue weighted by Gasteiger charge is 2.24. The van der Waals surface area contributed by atoms with E-state index in [1.54, 1.807) is 24.5 Å². The van der Waals surface area contributed by atoms with Crippen LogP contribution in [0.2, 0.25) is 0 Å². The summed E-state index contributed by atoms with van der Waals surface area (Å²) in [7, 11) is 0. The summed E-state index contributed by atoms with van der Waals surface area (Å²) in [4.78, 5) is 25.4. The molecule has 0 amide bonds. The van der Waals surface area contributed by atoms with Crippen LogP contribution < -0.4 is 16.2 Å². The Bertz CT molecular complexity index is 1690. The molecule has 1 atom stereocenters. The molecular weight excluding hydrogens is 458 g/mol. The fourth-order valence-electron chi connectivity index (χ4n) is 4.83. The molecule has 5 aromatic rings. The molecule has 6 rings (SSSR count). The van der Waals surface area contributed by atoms with Gasteiger partial charge in [-0.05, 0) is 31.2 Å². The van der Waals surface area contributed by atoms with E-state index in [1.807, 2.05) is 16.7 Å². The molecule has 1 unspecified atom stereocenters. The number of nitrogens with zero attached hydrogens (tertiary/aromatic N) is 6. The van der Waals surface area contributed by atoms with Gasteiger partial charge in [0.1, 0.15) is 16.0 Å². The molecular formula is C26H25N7OS. The molecule has 0 aliphatic carbocycles. The Morgan fingerprint density at radius 3 is 2.94 bits per heavy atom. The Labute approximate surface area is 206 Å². The van der Waals surface area contributed by atoms with Gasteiger partial charge in [-0.3, -0.25) is 9.36 Å². The van der Waals surface area contributed by atoms with Crippen molar-refractivity contribution < 1.29 is 0 Å². The predicted molar refractivity (Wildman–Crippen MR) is 141 cm³/mol. The second-order valence-corrected chi connectivity index (χ2v) is 9.97. The first kappa shape index (κ1) is 21.8. The molecule has 8 nitrogen and oxygen atoms in total. The topological polar surface area (TPSA) is 94.9 Å². The minimum Gasteiger partial charge on any atom is -0.341 e. The summed E-state index contributed by atoms with van der Waals surface area (Å²) in [6.45, 7) is 4.06. The van der Waals surface area contributed by atoms with E-state index < -0.39 is 0 Å². The number of hydrogen-bond acceptors (Lipinski definition) is 7. The van der Waals surface area contributed by atoms with Crippen LogP contribution in [0.3, 0.4) is 0 Å². The van der Waals surface area contributed by atoms with Gasteiger partial charge in [-0.1, -0.05) is 36.3 Å². The Hall–Kier alpha value is -3.74. The van der Waals surface area contributed by atoms with E-state index in [-0.39, 0.29) is 11.6 Å². The van der Waals surface area contributed by atoms with Gasteiger partial charge in [0.05, 0.1) is 29.5 Å². The third-order valence-electron chi connectivity index (χ3n) is 6.50. The summed E-state index contributed by atoms with van der Waals surface area (Å²) in [5.74, 6) is 6.78. The van der Waals surface area contributed by atoms with Gasteiger partial charge < -0.3 is 10.6 Å². The summed E-state index contributed by atoms with van der Waals surface area (Å²) >= 11 is 1.59. The van der Waals surface area contributed by atoms with Crippen LogP contribution in [-0.4, -0.2) is 43.4 Å². The van der Waals surface area contributed by atoms with Gasteiger partial charge in [-0.15, -0.1) is 17.3 Å². The second kappa shape index (κ2) is 8.80. The Morgan fingerprint density at radius 2 is 2.09 bits per heavy atom. The van der Waals surface area contributed by atoms with Crippen LogP contribution in [0.5, 0.6) is 0 Å². The van der Waals surface area contributed by atoms with Crippen LogP contribution in [0, 0.1) is 11.8 Å². The lowest BCUT2D eigenvalue weighted by Crippen LogP contribution is -2.44. The third-order valence-corrected chi connectivity index (χ3v) is 7.50.